The highest BCUT2D eigenvalue weighted by Crippen LogP contribution is 2.32. The molecule has 2 aromatic carbocycles. The lowest BCUT2D eigenvalue weighted by Crippen LogP contribution is -2.15. The molecule has 24 heavy (non-hydrogen) atoms. The quantitative estimate of drug-likeness (QED) is 0.609. The summed E-state index contributed by atoms with van der Waals surface area (Å²) >= 11 is 7.39. The van der Waals surface area contributed by atoms with E-state index in [0.29, 0.717) is 10.6 Å². The molecule has 2 aromatic rings. The topological polar surface area (TPSA) is 86.5 Å². The predicted octanol–water partition coefficient (Wildman–Crippen LogP) is 3.11. The maximum atomic E-state index is 11.8. The monoisotopic (exact) mass is 385 g/mol. The first-order valence-electron chi connectivity index (χ1n) is 6.94. The van der Waals surface area contributed by atoms with Gasteiger partial charge in [0.25, 0.3) is 0 Å². The average Bonchev–Trinajstić information content (AvgIpc) is 2.54. The summed E-state index contributed by atoms with van der Waals surface area (Å²) in [6, 6.07) is 12.4. The van der Waals surface area contributed by atoms with Crippen molar-refractivity contribution in [2.75, 3.05) is 12.9 Å². The number of nitrogens with two attached hydrogens (primary N) is 1. The van der Waals surface area contributed by atoms with Crippen molar-refractivity contribution in [3.05, 3.63) is 58.6 Å². The third-order valence-electron chi connectivity index (χ3n) is 3.24. The first kappa shape index (κ1) is 18.8. The summed E-state index contributed by atoms with van der Waals surface area (Å²) in [5.41, 5.74) is 1.11. The van der Waals surface area contributed by atoms with Crippen LogP contribution in [-0.2, 0) is 21.2 Å². The molecule has 0 bridgehead atoms. The van der Waals surface area contributed by atoms with Crippen molar-refractivity contribution < 1.29 is 17.9 Å². The molecule has 0 aliphatic carbocycles. The van der Waals surface area contributed by atoms with Gasteiger partial charge < -0.3 is 4.74 Å². The first-order chi connectivity index (χ1) is 11.3. The van der Waals surface area contributed by atoms with Crippen LogP contribution in [-0.4, -0.2) is 27.2 Å². The number of esters is 1. The number of halogens is 1. The lowest BCUT2D eigenvalue weighted by molar-refractivity contribution is 0.0600. The molecule has 128 valence electrons. The molecular formula is C16H16ClNO4S2. The highest BCUT2D eigenvalue weighted by atomic mass is 35.5. The van der Waals surface area contributed by atoms with Crippen LogP contribution in [0, 0.1) is 0 Å². The average molecular weight is 386 g/mol. The van der Waals surface area contributed by atoms with E-state index in [9.17, 15) is 13.2 Å². The van der Waals surface area contributed by atoms with E-state index in [1.165, 1.54) is 24.9 Å². The zero-order valence-electron chi connectivity index (χ0n) is 12.9. The molecule has 0 amide bonds. The Morgan fingerprint density at radius 1 is 1.25 bits per heavy atom. The van der Waals surface area contributed by atoms with Crippen LogP contribution in [0.25, 0.3) is 0 Å². The van der Waals surface area contributed by atoms with E-state index in [0.717, 1.165) is 18.1 Å². The first-order valence-corrected chi connectivity index (χ1v) is 9.85. The van der Waals surface area contributed by atoms with Crippen LogP contribution < -0.4 is 5.14 Å². The normalized spacial score (nSPS) is 11.3. The van der Waals surface area contributed by atoms with E-state index < -0.39 is 16.0 Å². The number of hydrogen-bond acceptors (Lipinski definition) is 5. The number of hydrogen-bond donors (Lipinski definition) is 1. The second kappa shape index (κ2) is 8.02. The number of thioether (sulfide) groups is 1. The van der Waals surface area contributed by atoms with Gasteiger partial charge in [0.2, 0.25) is 10.0 Å². The molecule has 0 aromatic heterocycles. The van der Waals surface area contributed by atoms with E-state index in [1.807, 2.05) is 30.3 Å². The van der Waals surface area contributed by atoms with Gasteiger partial charge >= 0.3 is 5.97 Å². The van der Waals surface area contributed by atoms with Gasteiger partial charge in [-0.2, -0.15) is 0 Å². The summed E-state index contributed by atoms with van der Waals surface area (Å²) in [7, 11) is -2.80. The second-order valence-electron chi connectivity index (χ2n) is 4.90. The standard InChI is InChI=1S/C16H16ClNO4S2/c1-22-16(19)12-9-15(24(18,20)21)14(10-13(12)17)23-8-7-11-5-3-2-4-6-11/h2-6,9-10H,7-8H2,1H3,(H2,18,20,21). The summed E-state index contributed by atoms with van der Waals surface area (Å²) in [6.07, 6.45) is 0.756. The lowest BCUT2D eigenvalue weighted by atomic mass is 10.2. The highest BCUT2D eigenvalue weighted by molar-refractivity contribution is 8.00. The number of carbonyl (C=O) groups excluding carboxylic acids is 1. The van der Waals surface area contributed by atoms with Gasteiger partial charge in [0.1, 0.15) is 0 Å². The second-order valence-corrected chi connectivity index (χ2v) is 7.97. The zero-order chi connectivity index (χ0) is 17.7. The van der Waals surface area contributed by atoms with Crippen molar-refractivity contribution in [2.45, 2.75) is 16.2 Å². The van der Waals surface area contributed by atoms with Crippen LogP contribution in [0.15, 0.2) is 52.3 Å². The number of carbonyl (C=O) groups is 1. The van der Waals surface area contributed by atoms with E-state index in [2.05, 4.69) is 4.74 Å². The van der Waals surface area contributed by atoms with Crippen LogP contribution in [0.5, 0.6) is 0 Å². The number of benzene rings is 2. The summed E-state index contributed by atoms with van der Waals surface area (Å²) < 4.78 is 28.3. The lowest BCUT2D eigenvalue weighted by Gasteiger charge is -2.11. The molecule has 0 spiro atoms. The van der Waals surface area contributed by atoms with Gasteiger partial charge in [0.15, 0.2) is 0 Å². The van der Waals surface area contributed by atoms with Crippen LogP contribution in [0.3, 0.4) is 0 Å². The molecule has 0 aliphatic rings. The fourth-order valence-electron chi connectivity index (χ4n) is 2.06. The molecule has 0 saturated heterocycles. The minimum absolute atomic E-state index is 0.0319. The van der Waals surface area contributed by atoms with Crippen LogP contribution in [0.1, 0.15) is 15.9 Å². The molecular weight excluding hydrogens is 370 g/mol. The summed E-state index contributed by atoms with van der Waals surface area (Å²) in [4.78, 5) is 11.9. The smallest absolute Gasteiger partial charge is 0.339 e. The molecule has 5 nitrogen and oxygen atoms in total. The van der Waals surface area contributed by atoms with Gasteiger partial charge in [-0.05, 0) is 24.1 Å². The third-order valence-corrected chi connectivity index (χ3v) is 5.69. The fourth-order valence-corrected chi connectivity index (χ4v) is 4.47. The van der Waals surface area contributed by atoms with Crippen LogP contribution in [0.2, 0.25) is 5.02 Å². The Hall–Kier alpha value is -1.54. The number of sulfonamides is 1. The van der Waals surface area contributed by atoms with Crippen molar-refractivity contribution in [2.24, 2.45) is 5.14 Å². The predicted molar refractivity (Wildman–Crippen MR) is 95.0 cm³/mol. The largest absolute Gasteiger partial charge is 0.465 e. The molecule has 2 rings (SSSR count). The number of primary sulfonamides is 1. The van der Waals surface area contributed by atoms with E-state index in [4.69, 9.17) is 16.7 Å². The Kier molecular flexibility index (Phi) is 6.28. The Labute approximate surface area is 150 Å². The molecule has 0 saturated carbocycles. The third kappa shape index (κ3) is 4.73. The minimum Gasteiger partial charge on any atom is -0.465 e. The van der Waals surface area contributed by atoms with Gasteiger partial charge in [-0.1, -0.05) is 41.9 Å². The fraction of sp³-hybridized carbons (Fsp3) is 0.188. The molecule has 0 aliphatic heterocycles. The molecule has 0 fully saturated rings. The van der Waals surface area contributed by atoms with Crippen molar-refractivity contribution in [3.8, 4) is 0 Å². The van der Waals surface area contributed by atoms with Gasteiger partial charge in [0, 0.05) is 10.6 Å². The Bertz CT molecular complexity index is 839. The molecule has 2 N–H and O–H groups in total. The summed E-state index contributed by atoms with van der Waals surface area (Å²) in [6.45, 7) is 0. The van der Waals surface area contributed by atoms with Gasteiger partial charge in [-0.3, -0.25) is 0 Å². The van der Waals surface area contributed by atoms with Crippen molar-refractivity contribution >= 4 is 39.4 Å². The SMILES string of the molecule is COC(=O)c1cc(S(N)(=O)=O)c(SCCc2ccccc2)cc1Cl. The molecule has 0 radical (unpaired) electrons. The zero-order valence-corrected chi connectivity index (χ0v) is 15.2. The van der Waals surface area contributed by atoms with Gasteiger partial charge in [-0.15, -0.1) is 11.8 Å². The van der Waals surface area contributed by atoms with Crippen molar-refractivity contribution in [1.82, 2.24) is 0 Å². The number of ether oxygens (including phenoxy) is 1. The molecule has 0 atom stereocenters. The Morgan fingerprint density at radius 2 is 1.92 bits per heavy atom. The molecule has 0 unspecified atom stereocenters. The van der Waals surface area contributed by atoms with Crippen molar-refractivity contribution in [1.29, 1.82) is 0 Å². The molecule has 0 heterocycles. The number of methoxy groups -OCH3 is 1. The maximum Gasteiger partial charge on any atom is 0.339 e. The van der Waals surface area contributed by atoms with Crippen LogP contribution in [0.4, 0.5) is 0 Å². The highest BCUT2D eigenvalue weighted by Gasteiger charge is 2.21. The van der Waals surface area contributed by atoms with E-state index in [-0.39, 0.29) is 15.5 Å². The summed E-state index contributed by atoms with van der Waals surface area (Å²) in [5, 5.41) is 5.39. The van der Waals surface area contributed by atoms with E-state index in [1.54, 1.807) is 0 Å². The van der Waals surface area contributed by atoms with E-state index >= 15 is 0 Å². The molecule has 8 heteroatoms. The van der Waals surface area contributed by atoms with Crippen LogP contribution >= 0.6 is 23.4 Å². The Morgan fingerprint density at radius 3 is 2.50 bits per heavy atom. The van der Waals surface area contributed by atoms with Gasteiger partial charge in [-0.25, -0.2) is 18.4 Å². The maximum absolute atomic E-state index is 11.8. The minimum atomic E-state index is -4.00. The van der Waals surface area contributed by atoms with Gasteiger partial charge in [0.05, 0.1) is 22.6 Å². The Balaban J connectivity index is 2.28. The number of aryl methyl sites for hydroxylation is 1. The van der Waals surface area contributed by atoms with Crippen molar-refractivity contribution in [3.63, 3.8) is 0 Å². The summed E-state index contributed by atoms with van der Waals surface area (Å²) in [5.74, 6) is -0.0776. The number of rotatable bonds is 6.